The standard InChI is InChI=1S/C22H22ClN3O7S/c23-15-8-7-14(34(30,31)26-9-3-4-10-26)11-17(15)24-20(27)13-32-21(28)12-19-22(29)25-16-5-1-2-6-18(16)33-19/h1-2,5-8,11,19H,3-4,9-10,12-13H2,(H,24,27)(H,25,29). The summed E-state index contributed by atoms with van der Waals surface area (Å²) in [5.41, 5.74) is 0.580. The van der Waals surface area contributed by atoms with Crippen molar-refractivity contribution < 1.29 is 32.3 Å². The molecule has 0 saturated carbocycles. The summed E-state index contributed by atoms with van der Waals surface area (Å²) in [6.07, 6.45) is 0.106. The van der Waals surface area contributed by atoms with Crippen LogP contribution in [0.4, 0.5) is 11.4 Å². The molecule has 12 heteroatoms. The van der Waals surface area contributed by atoms with Gasteiger partial charge < -0.3 is 20.1 Å². The van der Waals surface area contributed by atoms with Crippen molar-refractivity contribution >= 4 is 50.8 Å². The first-order valence-corrected chi connectivity index (χ1v) is 12.4. The number of amides is 2. The molecule has 1 atom stereocenters. The Kier molecular flexibility index (Phi) is 7.05. The molecular formula is C22H22ClN3O7S. The number of para-hydroxylation sites is 2. The monoisotopic (exact) mass is 507 g/mol. The third-order valence-corrected chi connectivity index (χ3v) is 7.56. The van der Waals surface area contributed by atoms with E-state index in [1.54, 1.807) is 24.3 Å². The molecule has 0 aromatic heterocycles. The predicted molar refractivity (Wildman–Crippen MR) is 123 cm³/mol. The number of carbonyl (C=O) groups excluding carboxylic acids is 3. The highest BCUT2D eigenvalue weighted by Crippen LogP contribution is 2.30. The Morgan fingerprint density at radius 3 is 2.68 bits per heavy atom. The summed E-state index contributed by atoms with van der Waals surface area (Å²) in [5, 5.41) is 5.22. The first-order valence-electron chi connectivity index (χ1n) is 10.6. The Balaban J connectivity index is 1.32. The van der Waals surface area contributed by atoms with E-state index in [-0.39, 0.29) is 15.6 Å². The highest BCUT2D eigenvalue weighted by Gasteiger charge is 2.31. The average Bonchev–Trinajstić information content (AvgIpc) is 3.35. The zero-order valence-electron chi connectivity index (χ0n) is 18.0. The van der Waals surface area contributed by atoms with E-state index in [1.807, 2.05) is 0 Å². The van der Waals surface area contributed by atoms with Crippen molar-refractivity contribution in [3.05, 3.63) is 47.5 Å². The van der Waals surface area contributed by atoms with Crippen LogP contribution in [-0.2, 0) is 29.1 Å². The van der Waals surface area contributed by atoms with E-state index in [4.69, 9.17) is 21.1 Å². The molecule has 1 fully saturated rings. The van der Waals surface area contributed by atoms with Crippen LogP contribution < -0.4 is 15.4 Å². The Labute approximate surface area is 201 Å². The molecule has 1 unspecified atom stereocenters. The van der Waals surface area contributed by atoms with Crippen LogP contribution in [0.2, 0.25) is 5.02 Å². The van der Waals surface area contributed by atoms with Gasteiger partial charge in [-0.2, -0.15) is 4.31 Å². The van der Waals surface area contributed by atoms with Gasteiger partial charge in [-0.25, -0.2) is 8.42 Å². The van der Waals surface area contributed by atoms with Gasteiger partial charge in [0.05, 0.1) is 27.7 Å². The van der Waals surface area contributed by atoms with Crippen LogP contribution >= 0.6 is 11.6 Å². The van der Waals surface area contributed by atoms with E-state index < -0.39 is 46.9 Å². The number of nitrogens with zero attached hydrogens (tertiary/aromatic N) is 1. The fourth-order valence-corrected chi connectivity index (χ4v) is 5.32. The topological polar surface area (TPSA) is 131 Å². The molecule has 2 amide bonds. The molecular weight excluding hydrogens is 486 g/mol. The second-order valence-corrected chi connectivity index (χ2v) is 10.1. The first kappa shape index (κ1) is 24.0. The van der Waals surface area contributed by atoms with Crippen LogP contribution in [-0.4, -0.2) is 56.3 Å². The SMILES string of the molecule is O=C(COC(=O)CC1Oc2ccccc2NC1=O)Nc1cc(S(=O)(=O)N2CCCC2)ccc1Cl. The number of ether oxygens (including phenoxy) is 2. The van der Waals surface area contributed by atoms with Crippen LogP contribution in [0.25, 0.3) is 0 Å². The molecule has 2 aromatic rings. The number of fused-ring (bicyclic) bond motifs is 1. The molecule has 4 rings (SSSR count). The van der Waals surface area contributed by atoms with E-state index in [1.165, 1.54) is 22.5 Å². The molecule has 0 aliphatic carbocycles. The highest BCUT2D eigenvalue weighted by atomic mass is 35.5. The maximum Gasteiger partial charge on any atom is 0.310 e. The number of hydrogen-bond acceptors (Lipinski definition) is 7. The molecule has 2 aliphatic heterocycles. The number of nitrogens with one attached hydrogen (secondary N) is 2. The van der Waals surface area contributed by atoms with Crippen molar-refractivity contribution in [2.75, 3.05) is 30.3 Å². The van der Waals surface area contributed by atoms with E-state index in [2.05, 4.69) is 10.6 Å². The molecule has 2 aliphatic rings. The third-order valence-electron chi connectivity index (χ3n) is 5.34. The third kappa shape index (κ3) is 5.32. The number of sulfonamides is 1. The fraction of sp³-hybridized carbons (Fsp3) is 0.318. The number of carbonyl (C=O) groups is 3. The molecule has 2 heterocycles. The lowest BCUT2D eigenvalue weighted by atomic mass is 10.1. The van der Waals surface area contributed by atoms with Gasteiger partial charge in [-0.3, -0.25) is 14.4 Å². The van der Waals surface area contributed by atoms with Gasteiger partial charge in [-0.05, 0) is 43.2 Å². The molecule has 0 spiro atoms. The number of hydrogen-bond donors (Lipinski definition) is 2. The Hall–Kier alpha value is -3.15. The summed E-state index contributed by atoms with van der Waals surface area (Å²) in [4.78, 5) is 36.6. The molecule has 10 nitrogen and oxygen atoms in total. The van der Waals surface area contributed by atoms with Gasteiger partial charge >= 0.3 is 5.97 Å². The fourth-order valence-electron chi connectivity index (χ4n) is 3.61. The number of esters is 1. The number of halogens is 1. The second kappa shape index (κ2) is 10.00. The number of anilines is 2. The summed E-state index contributed by atoms with van der Waals surface area (Å²) in [6, 6.07) is 10.8. The number of benzene rings is 2. The smallest absolute Gasteiger partial charge is 0.310 e. The molecule has 0 radical (unpaired) electrons. The van der Waals surface area contributed by atoms with E-state index in [9.17, 15) is 22.8 Å². The van der Waals surface area contributed by atoms with Crippen molar-refractivity contribution in [3.63, 3.8) is 0 Å². The normalized spacial score (nSPS) is 17.9. The van der Waals surface area contributed by atoms with Gasteiger partial charge in [0, 0.05) is 13.1 Å². The Morgan fingerprint density at radius 1 is 1.18 bits per heavy atom. The molecule has 180 valence electrons. The van der Waals surface area contributed by atoms with Gasteiger partial charge in [0.25, 0.3) is 11.8 Å². The van der Waals surface area contributed by atoms with Crippen molar-refractivity contribution in [1.82, 2.24) is 4.31 Å². The summed E-state index contributed by atoms with van der Waals surface area (Å²) in [7, 11) is -3.70. The van der Waals surface area contributed by atoms with Crippen LogP contribution in [0, 0.1) is 0 Å². The predicted octanol–water partition coefficient (Wildman–Crippen LogP) is 2.40. The number of rotatable bonds is 7. The molecule has 34 heavy (non-hydrogen) atoms. The van der Waals surface area contributed by atoms with Gasteiger partial charge in [0.1, 0.15) is 5.75 Å². The lowest BCUT2D eigenvalue weighted by molar-refractivity contribution is -0.150. The lowest BCUT2D eigenvalue weighted by Crippen LogP contribution is -2.39. The molecule has 0 bridgehead atoms. The molecule has 2 N–H and O–H groups in total. The Bertz CT molecular complexity index is 1230. The van der Waals surface area contributed by atoms with Crippen molar-refractivity contribution in [1.29, 1.82) is 0 Å². The van der Waals surface area contributed by atoms with E-state index in [0.29, 0.717) is 24.5 Å². The van der Waals surface area contributed by atoms with Crippen molar-refractivity contribution in [2.45, 2.75) is 30.3 Å². The van der Waals surface area contributed by atoms with Crippen molar-refractivity contribution in [2.24, 2.45) is 0 Å². The largest absolute Gasteiger partial charge is 0.478 e. The average molecular weight is 508 g/mol. The summed E-state index contributed by atoms with van der Waals surface area (Å²) >= 11 is 6.11. The van der Waals surface area contributed by atoms with Gasteiger partial charge in [-0.15, -0.1) is 0 Å². The zero-order chi connectivity index (χ0) is 24.3. The van der Waals surface area contributed by atoms with Gasteiger partial charge in [0.2, 0.25) is 10.0 Å². The van der Waals surface area contributed by atoms with E-state index in [0.717, 1.165) is 12.8 Å². The van der Waals surface area contributed by atoms with Crippen LogP contribution in [0.5, 0.6) is 5.75 Å². The van der Waals surface area contributed by atoms with Gasteiger partial charge in [0.15, 0.2) is 12.7 Å². The minimum absolute atomic E-state index is 0.00633. The molecule has 1 saturated heterocycles. The minimum atomic E-state index is -3.70. The summed E-state index contributed by atoms with van der Waals surface area (Å²) in [6.45, 7) is 0.233. The Morgan fingerprint density at radius 2 is 1.91 bits per heavy atom. The first-order chi connectivity index (χ1) is 16.2. The lowest BCUT2D eigenvalue weighted by Gasteiger charge is -2.25. The quantitative estimate of drug-likeness (QED) is 0.550. The van der Waals surface area contributed by atoms with Gasteiger partial charge in [-0.1, -0.05) is 23.7 Å². The second-order valence-electron chi connectivity index (χ2n) is 7.76. The van der Waals surface area contributed by atoms with Crippen LogP contribution in [0.1, 0.15) is 19.3 Å². The summed E-state index contributed by atoms with van der Waals surface area (Å²) in [5.74, 6) is -1.60. The summed E-state index contributed by atoms with van der Waals surface area (Å²) < 4.78 is 37.4. The van der Waals surface area contributed by atoms with Crippen LogP contribution in [0.15, 0.2) is 47.4 Å². The van der Waals surface area contributed by atoms with Crippen molar-refractivity contribution in [3.8, 4) is 5.75 Å². The minimum Gasteiger partial charge on any atom is -0.478 e. The molecule has 2 aromatic carbocycles. The maximum absolute atomic E-state index is 12.7. The van der Waals surface area contributed by atoms with E-state index >= 15 is 0 Å². The maximum atomic E-state index is 12.7. The highest BCUT2D eigenvalue weighted by molar-refractivity contribution is 7.89. The zero-order valence-corrected chi connectivity index (χ0v) is 19.5. The van der Waals surface area contributed by atoms with Crippen LogP contribution in [0.3, 0.4) is 0 Å².